The number of halogens is 4. The quantitative estimate of drug-likeness (QED) is 0.282. The van der Waals surface area contributed by atoms with Gasteiger partial charge in [-0.2, -0.15) is 13.2 Å². The fourth-order valence-electron chi connectivity index (χ4n) is 2.45. The van der Waals surface area contributed by atoms with Crippen LogP contribution < -0.4 is 5.32 Å². The molecular formula is C15H28F3IN4O2. The van der Waals surface area contributed by atoms with Gasteiger partial charge in [-0.15, -0.1) is 24.0 Å². The van der Waals surface area contributed by atoms with Gasteiger partial charge in [0.15, 0.2) is 5.96 Å². The van der Waals surface area contributed by atoms with Crippen LogP contribution in [0.5, 0.6) is 0 Å². The Balaban J connectivity index is 0.00000576. The van der Waals surface area contributed by atoms with Gasteiger partial charge in [-0.25, -0.2) is 0 Å². The van der Waals surface area contributed by atoms with Gasteiger partial charge < -0.3 is 15.0 Å². The minimum absolute atomic E-state index is 0. The largest absolute Gasteiger partial charge is 0.469 e. The summed E-state index contributed by atoms with van der Waals surface area (Å²) >= 11 is 0. The van der Waals surface area contributed by atoms with Crippen LogP contribution in [0.1, 0.15) is 20.8 Å². The second-order valence-electron chi connectivity index (χ2n) is 5.86. The summed E-state index contributed by atoms with van der Waals surface area (Å²) in [6, 6.07) is -1.45. The normalized spacial score (nSPS) is 19.0. The van der Waals surface area contributed by atoms with E-state index in [2.05, 4.69) is 15.0 Å². The van der Waals surface area contributed by atoms with Crippen molar-refractivity contribution in [3.8, 4) is 0 Å². The average Bonchev–Trinajstić information content (AvgIpc) is 2.56. The van der Waals surface area contributed by atoms with Crippen molar-refractivity contribution in [1.82, 2.24) is 15.1 Å². The van der Waals surface area contributed by atoms with Crippen molar-refractivity contribution < 1.29 is 22.7 Å². The molecule has 148 valence electrons. The summed E-state index contributed by atoms with van der Waals surface area (Å²) in [4.78, 5) is 19.2. The molecule has 0 bridgehead atoms. The maximum atomic E-state index is 12.8. The van der Waals surface area contributed by atoms with Crippen LogP contribution in [0.15, 0.2) is 4.99 Å². The molecule has 10 heteroatoms. The predicted octanol–water partition coefficient (Wildman–Crippen LogP) is 1.95. The molecule has 0 radical (unpaired) electrons. The molecule has 0 aliphatic carbocycles. The van der Waals surface area contributed by atoms with Gasteiger partial charge in [-0.3, -0.25) is 14.7 Å². The highest BCUT2D eigenvalue weighted by Gasteiger charge is 2.41. The minimum Gasteiger partial charge on any atom is -0.469 e. The highest BCUT2D eigenvalue weighted by atomic mass is 127. The lowest BCUT2D eigenvalue weighted by Gasteiger charge is -2.39. The molecule has 6 nitrogen and oxygen atoms in total. The lowest BCUT2D eigenvalue weighted by molar-refractivity contribution is -0.181. The third-order valence-electron chi connectivity index (χ3n) is 4.09. The SMILES string of the molecule is CCNC(=NCC(C)C(=O)OC)N1CCN(C(C)C(F)(F)F)CC1.I. The standard InChI is InChI=1S/C15H27F3N4O2.HI/c1-5-19-14(20-10-11(2)13(23)24-4)22-8-6-21(7-9-22)12(3)15(16,17)18;/h11-12H,5-10H2,1-4H3,(H,19,20);1H. The Morgan fingerprint density at radius 2 is 1.80 bits per heavy atom. The van der Waals surface area contributed by atoms with E-state index in [9.17, 15) is 18.0 Å². The molecule has 0 aromatic carbocycles. The van der Waals surface area contributed by atoms with Crippen LogP contribution in [-0.4, -0.2) is 80.3 Å². The number of esters is 1. The zero-order chi connectivity index (χ0) is 18.3. The minimum atomic E-state index is -4.21. The number of piperazine rings is 1. The van der Waals surface area contributed by atoms with Gasteiger partial charge >= 0.3 is 12.1 Å². The van der Waals surface area contributed by atoms with Crippen LogP contribution in [0.25, 0.3) is 0 Å². The first-order chi connectivity index (χ1) is 11.2. The van der Waals surface area contributed by atoms with Gasteiger partial charge in [0.2, 0.25) is 0 Å². The van der Waals surface area contributed by atoms with E-state index in [0.29, 0.717) is 38.7 Å². The van der Waals surface area contributed by atoms with Crippen LogP contribution in [-0.2, 0) is 9.53 Å². The lowest BCUT2D eigenvalue weighted by atomic mass is 10.2. The van der Waals surface area contributed by atoms with E-state index < -0.39 is 12.2 Å². The number of rotatable bonds is 5. The Hall–Kier alpha value is -0.780. The zero-order valence-electron chi connectivity index (χ0n) is 15.1. The second-order valence-corrected chi connectivity index (χ2v) is 5.86. The summed E-state index contributed by atoms with van der Waals surface area (Å²) in [6.45, 7) is 7.29. The third-order valence-corrected chi connectivity index (χ3v) is 4.09. The molecule has 1 fully saturated rings. The zero-order valence-corrected chi connectivity index (χ0v) is 17.4. The lowest BCUT2D eigenvalue weighted by Crippen LogP contribution is -2.56. The number of carbonyl (C=O) groups excluding carboxylic acids is 1. The Morgan fingerprint density at radius 3 is 2.24 bits per heavy atom. The smallest absolute Gasteiger partial charge is 0.403 e. The summed E-state index contributed by atoms with van der Waals surface area (Å²) in [7, 11) is 1.33. The Labute approximate surface area is 164 Å². The van der Waals surface area contributed by atoms with E-state index in [-0.39, 0.29) is 42.4 Å². The first kappa shape index (κ1) is 24.2. The summed E-state index contributed by atoms with van der Waals surface area (Å²) in [5.41, 5.74) is 0. The Morgan fingerprint density at radius 1 is 1.24 bits per heavy atom. The van der Waals surface area contributed by atoms with Gasteiger partial charge in [0.25, 0.3) is 0 Å². The number of ether oxygens (including phenoxy) is 1. The molecular weight excluding hydrogens is 452 g/mol. The fourth-order valence-corrected chi connectivity index (χ4v) is 2.45. The number of alkyl halides is 3. The van der Waals surface area contributed by atoms with Crippen molar-refractivity contribution in [2.75, 3.05) is 46.4 Å². The van der Waals surface area contributed by atoms with E-state index in [0.717, 1.165) is 0 Å². The first-order valence-electron chi connectivity index (χ1n) is 8.12. The van der Waals surface area contributed by atoms with Crippen molar-refractivity contribution in [3.63, 3.8) is 0 Å². The van der Waals surface area contributed by atoms with Crippen molar-refractivity contribution in [1.29, 1.82) is 0 Å². The predicted molar refractivity (Wildman–Crippen MR) is 101 cm³/mol. The van der Waals surface area contributed by atoms with E-state index in [1.54, 1.807) is 6.92 Å². The van der Waals surface area contributed by atoms with Crippen LogP contribution in [0.2, 0.25) is 0 Å². The van der Waals surface area contributed by atoms with E-state index in [1.165, 1.54) is 18.9 Å². The molecule has 1 aliphatic rings. The van der Waals surface area contributed by atoms with Crippen LogP contribution >= 0.6 is 24.0 Å². The molecule has 0 aromatic heterocycles. The van der Waals surface area contributed by atoms with Gasteiger partial charge in [-0.1, -0.05) is 6.92 Å². The first-order valence-corrected chi connectivity index (χ1v) is 8.12. The second kappa shape index (κ2) is 11.0. The van der Waals surface area contributed by atoms with Crippen molar-refractivity contribution in [3.05, 3.63) is 0 Å². The van der Waals surface area contributed by atoms with Gasteiger partial charge in [0, 0.05) is 32.7 Å². The van der Waals surface area contributed by atoms with Gasteiger partial charge in [-0.05, 0) is 13.8 Å². The Bertz CT molecular complexity index is 441. The molecule has 0 spiro atoms. The number of nitrogens with one attached hydrogen (secondary N) is 1. The van der Waals surface area contributed by atoms with E-state index in [1.807, 2.05) is 11.8 Å². The molecule has 1 rings (SSSR count). The molecule has 1 heterocycles. The van der Waals surface area contributed by atoms with E-state index >= 15 is 0 Å². The summed E-state index contributed by atoms with van der Waals surface area (Å²) in [6.07, 6.45) is -4.21. The van der Waals surface area contributed by atoms with Crippen molar-refractivity contribution in [2.24, 2.45) is 10.9 Å². The maximum absolute atomic E-state index is 12.8. The number of hydrogen-bond acceptors (Lipinski definition) is 4. The highest BCUT2D eigenvalue weighted by Crippen LogP contribution is 2.25. The summed E-state index contributed by atoms with van der Waals surface area (Å²) in [5, 5.41) is 3.12. The molecule has 0 saturated carbocycles. The molecule has 2 unspecified atom stereocenters. The topological polar surface area (TPSA) is 57.2 Å². The molecule has 0 aromatic rings. The monoisotopic (exact) mass is 480 g/mol. The molecule has 1 N–H and O–H groups in total. The molecule has 1 aliphatic heterocycles. The van der Waals surface area contributed by atoms with Crippen LogP contribution in [0.4, 0.5) is 13.2 Å². The molecule has 0 amide bonds. The summed E-state index contributed by atoms with van der Waals surface area (Å²) < 4.78 is 43.0. The van der Waals surface area contributed by atoms with Gasteiger partial charge in [0.1, 0.15) is 6.04 Å². The fraction of sp³-hybridized carbons (Fsp3) is 0.867. The molecule has 2 atom stereocenters. The number of guanidine groups is 1. The van der Waals surface area contributed by atoms with E-state index in [4.69, 9.17) is 0 Å². The Kier molecular flexibility index (Phi) is 10.7. The average molecular weight is 480 g/mol. The molecule has 1 saturated heterocycles. The van der Waals surface area contributed by atoms with Crippen molar-refractivity contribution >= 4 is 35.9 Å². The van der Waals surface area contributed by atoms with Crippen LogP contribution in [0, 0.1) is 5.92 Å². The number of nitrogens with zero attached hydrogens (tertiary/aromatic N) is 3. The van der Waals surface area contributed by atoms with Gasteiger partial charge in [0.05, 0.1) is 19.6 Å². The number of hydrogen-bond donors (Lipinski definition) is 1. The van der Waals surface area contributed by atoms with Crippen molar-refractivity contribution in [2.45, 2.75) is 33.0 Å². The molecule has 25 heavy (non-hydrogen) atoms. The number of methoxy groups -OCH3 is 1. The number of aliphatic imine (C=N–C) groups is 1. The summed E-state index contributed by atoms with van der Waals surface area (Å²) in [5.74, 6) is -0.0822. The highest BCUT2D eigenvalue weighted by molar-refractivity contribution is 14.0. The number of carbonyl (C=O) groups is 1. The third kappa shape index (κ3) is 7.55. The maximum Gasteiger partial charge on any atom is 0.403 e. The van der Waals surface area contributed by atoms with Crippen LogP contribution in [0.3, 0.4) is 0 Å².